The van der Waals surface area contributed by atoms with E-state index in [1.165, 1.54) is 55.7 Å². The highest BCUT2D eigenvalue weighted by molar-refractivity contribution is 6.00. The van der Waals surface area contributed by atoms with Crippen molar-refractivity contribution in [2.45, 2.75) is 25.7 Å². The predicted molar refractivity (Wildman–Crippen MR) is 156 cm³/mol. The molecule has 3 aliphatic rings. The molecule has 0 amide bonds. The summed E-state index contributed by atoms with van der Waals surface area (Å²) in [5.41, 5.74) is 15.3. The molecule has 0 heterocycles. The van der Waals surface area contributed by atoms with Crippen LogP contribution in [0.3, 0.4) is 0 Å². The molecule has 0 bridgehead atoms. The number of hydrogen-bond donors (Lipinski definition) is 0. The van der Waals surface area contributed by atoms with Crippen LogP contribution in [-0.4, -0.2) is 0 Å². The molecular formula is C36H30. The van der Waals surface area contributed by atoms with Crippen LogP contribution in [0.5, 0.6) is 0 Å². The molecule has 0 N–H and O–H groups in total. The van der Waals surface area contributed by atoms with Gasteiger partial charge in [0.1, 0.15) is 0 Å². The summed E-state index contributed by atoms with van der Waals surface area (Å²) in [6.45, 7) is 12.3. The third kappa shape index (κ3) is 2.94. The molecule has 0 radical (unpaired) electrons. The summed E-state index contributed by atoms with van der Waals surface area (Å²) >= 11 is 0. The topological polar surface area (TPSA) is 0 Å². The molecule has 6 rings (SSSR count). The van der Waals surface area contributed by atoms with Gasteiger partial charge in [0, 0.05) is 0 Å². The second kappa shape index (κ2) is 8.50. The van der Waals surface area contributed by atoms with E-state index in [0.717, 1.165) is 17.6 Å². The highest BCUT2D eigenvalue weighted by Gasteiger charge is 2.53. The first-order chi connectivity index (χ1) is 17.6. The van der Waals surface area contributed by atoms with Gasteiger partial charge in [0.25, 0.3) is 0 Å². The highest BCUT2D eigenvalue weighted by atomic mass is 14.5. The van der Waals surface area contributed by atoms with E-state index in [4.69, 9.17) is 0 Å². The Bertz CT molecular complexity index is 1590. The molecule has 3 aromatic rings. The molecule has 0 aliphatic heterocycles. The molecule has 0 nitrogen and oxygen atoms in total. The molecular weight excluding hydrogens is 432 g/mol. The summed E-state index contributed by atoms with van der Waals surface area (Å²) < 4.78 is 0. The van der Waals surface area contributed by atoms with Gasteiger partial charge in [-0.2, -0.15) is 0 Å². The maximum absolute atomic E-state index is 4.16. The molecule has 0 heteroatoms. The van der Waals surface area contributed by atoms with Gasteiger partial charge in [-0.1, -0.05) is 110 Å². The number of hydrogen-bond acceptors (Lipinski definition) is 0. The lowest BCUT2D eigenvalue weighted by Crippen LogP contribution is -2.28. The van der Waals surface area contributed by atoms with Crippen LogP contribution in [0.4, 0.5) is 0 Å². The number of rotatable bonds is 5. The van der Waals surface area contributed by atoms with Gasteiger partial charge in [0.15, 0.2) is 0 Å². The molecule has 3 aliphatic carbocycles. The van der Waals surface area contributed by atoms with Gasteiger partial charge in [-0.25, -0.2) is 0 Å². The fourth-order valence-corrected chi connectivity index (χ4v) is 6.44. The Labute approximate surface area is 214 Å². The number of fused-ring (bicyclic) bond motifs is 6. The smallest absolute Gasteiger partial charge is 0.0691 e. The number of allylic oxidation sites excluding steroid dienone is 12. The lowest BCUT2D eigenvalue weighted by molar-refractivity contribution is 0.743. The standard InChI is InChI=1S/C36H30/c1-5-12-28-31-21-20-27(26-15-10-14-25(22-26)24(4)7-3)23-35(31)36(32(28)13-6-2)33-18-9-8-16-29(33)30-17-11-19-34(30)36/h5-18,20-23H,3-4,19H2,1-2H3/b12-5-,13-6-. The van der Waals surface area contributed by atoms with Crippen LogP contribution in [0.25, 0.3) is 27.8 Å². The van der Waals surface area contributed by atoms with Crippen molar-refractivity contribution >= 4 is 16.7 Å². The molecule has 0 saturated heterocycles. The largest absolute Gasteiger partial charge is 0.0985 e. The lowest BCUT2D eigenvalue weighted by atomic mass is 9.67. The summed E-state index contributed by atoms with van der Waals surface area (Å²) in [5.74, 6) is 0. The average Bonchev–Trinajstić information content (AvgIpc) is 3.58. The molecule has 0 saturated carbocycles. The highest BCUT2D eigenvalue weighted by Crippen LogP contribution is 2.63. The van der Waals surface area contributed by atoms with Crippen LogP contribution >= 0.6 is 0 Å². The molecule has 174 valence electrons. The van der Waals surface area contributed by atoms with Crippen molar-refractivity contribution in [2.24, 2.45) is 0 Å². The van der Waals surface area contributed by atoms with E-state index in [2.05, 4.69) is 130 Å². The van der Waals surface area contributed by atoms with E-state index in [0.29, 0.717) is 0 Å². The maximum Gasteiger partial charge on any atom is 0.0691 e. The average molecular weight is 463 g/mol. The zero-order valence-electron chi connectivity index (χ0n) is 21.0. The van der Waals surface area contributed by atoms with Gasteiger partial charge in [-0.05, 0) is 99.2 Å². The van der Waals surface area contributed by atoms with Crippen molar-refractivity contribution < 1.29 is 0 Å². The van der Waals surface area contributed by atoms with Gasteiger partial charge in [-0.15, -0.1) is 0 Å². The van der Waals surface area contributed by atoms with Crippen molar-refractivity contribution in [1.29, 1.82) is 0 Å². The van der Waals surface area contributed by atoms with Crippen LogP contribution in [0.15, 0.2) is 134 Å². The molecule has 1 spiro atoms. The van der Waals surface area contributed by atoms with Crippen LogP contribution in [-0.2, 0) is 5.41 Å². The van der Waals surface area contributed by atoms with E-state index in [-0.39, 0.29) is 5.41 Å². The van der Waals surface area contributed by atoms with E-state index in [1.807, 2.05) is 6.08 Å². The molecule has 36 heavy (non-hydrogen) atoms. The maximum atomic E-state index is 4.16. The van der Waals surface area contributed by atoms with Crippen molar-refractivity contribution in [3.8, 4) is 11.1 Å². The molecule has 1 unspecified atom stereocenters. The molecule has 0 fully saturated rings. The summed E-state index contributed by atoms with van der Waals surface area (Å²) in [6.07, 6.45) is 16.5. The molecule has 1 atom stereocenters. The summed E-state index contributed by atoms with van der Waals surface area (Å²) in [4.78, 5) is 0. The predicted octanol–water partition coefficient (Wildman–Crippen LogP) is 9.49. The van der Waals surface area contributed by atoms with E-state index < -0.39 is 0 Å². The second-order valence-electron chi connectivity index (χ2n) is 9.69. The third-order valence-corrected chi connectivity index (χ3v) is 7.89. The van der Waals surface area contributed by atoms with Crippen LogP contribution in [0.2, 0.25) is 0 Å². The zero-order chi connectivity index (χ0) is 24.9. The lowest BCUT2D eigenvalue weighted by Gasteiger charge is -2.33. The Balaban J connectivity index is 1.67. The van der Waals surface area contributed by atoms with E-state index in [1.54, 1.807) is 0 Å². The normalized spacial score (nSPS) is 19.6. The minimum atomic E-state index is -0.273. The first-order valence-electron chi connectivity index (χ1n) is 12.7. The monoisotopic (exact) mass is 462 g/mol. The Kier molecular flexibility index (Phi) is 5.27. The fraction of sp³-hybridized carbons (Fsp3) is 0.111. The van der Waals surface area contributed by atoms with Crippen molar-refractivity contribution in [2.75, 3.05) is 0 Å². The van der Waals surface area contributed by atoms with Crippen LogP contribution in [0.1, 0.15) is 48.1 Å². The Morgan fingerprint density at radius 2 is 1.64 bits per heavy atom. The summed E-state index contributed by atoms with van der Waals surface area (Å²) in [7, 11) is 0. The Morgan fingerprint density at radius 1 is 0.833 bits per heavy atom. The quantitative estimate of drug-likeness (QED) is 0.331. The number of benzene rings is 3. The molecule has 3 aromatic carbocycles. The minimum absolute atomic E-state index is 0.273. The third-order valence-electron chi connectivity index (χ3n) is 7.89. The van der Waals surface area contributed by atoms with Gasteiger partial charge in [0.2, 0.25) is 0 Å². The van der Waals surface area contributed by atoms with Crippen molar-refractivity contribution in [3.63, 3.8) is 0 Å². The van der Waals surface area contributed by atoms with Gasteiger partial charge in [0.05, 0.1) is 5.41 Å². The fourth-order valence-electron chi connectivity index (χ4n) is 6.44. The summed E-state index contributed by atoms with van der Waals surface area (Å²) in [6, 6.07) is 24.7. The first-order valence-corrected chi connectivity index (χ1v) is 12.7. The second-order valence-corrected chi connectivity index (χ2v) is 9.69. The van der Waals surface area contributed by atoms with Crippen molar-refractivity contribution in [1.82, 2.24) is 0 Å². The van der Waals surface area contributed by atoms with E-state index in [9.17, 15) is 0 Å². The van der Waals surface area contributed by atoms with Crippen molar-refractivity contribution in [3.05, 3.63) is 161 Å². The van der Waals surface area contributed by atoms with Gasteiger partial charge < -0.3 is 0 Å². The van der Waals surface area contributed by atoms with Crippen LogP contribution < -0.4 is 0 Å². The Hall–Kier alpha value is -4.16. The van der Waals surface area contributed by atoms with E-state index >= 15 is 0 Å². The van der Waals surface area contributed by atoms with Gasteiger partial charge >= 0.3 is 0 Å². The van der Waals surface area contributed by atoms with Gasteiger partial charge in [-0.3, -0.25) is 0 Å². The SMILES string of the molecule is C=CC(=C)c1cccc(-c2ccc3c(c2)C2(C(/C=C\C)=C3/C=C\C)C3=C(C=CC3)c3ccccc32)c1. The summed E-state index contributed by atoms with van der Waals surface area (Å²) in [5, 5.41) is 0. The molecule has 0 aromatic heterocycles. The van der Waals surface area contributed by atoms with Crippen LogP contribution in [0, 0.1) is 0 Å². The Morgan fingerprint density at radius 3 is 2.44 bits per heavy atom. The minimum Gasteiger partial charge on any atom is -0.0985 e. The first kappa shape index (κ1) is 22.3. The zero-order valence-corrected chi connectivity index (χ0v) is 21.0.